The average Bonchev–Trinajstić information content (AvgIpc) is 2.89. The van der Waals surface area contributed by atoms with Crippen molar-refractivity contribution in [3.63, 3.8) is 0 Å². The summed E-state index contributed by atoms with van der Waals surface area (Å²) in [5.74, 6) is 0. The van der Waals surface area contributed by atoms with Crippen molar-refractivity contribution in [2.45, 2.75) is 69.3 Å². The Bertz CT molecular complexity index is 720. The molecule has 0 N–H and O–H groups in total. The molecule has 1 aromatic rings. The fourth-order valence-corrected chi connectivity index (χ4v) is 5.81. The van der Waals surface area contributed by atoms with Crippen molar-refractivity contribution in [2.24, 2.45) is 0 Å². The van der Waals surface area contributed by atoms with Gasteiger partial charge in [-0.3, -0.25) is 0 Å². The summed E-state index contributed by atoms with van der Waals surface area (Å²) in [5.41, 5.74) is 1.04. The van der Waals surface area contributed by atoms with E-state index in [0.29, 0.717) is 17.9 Å². The molecule has 4 nitrogen and oxygen atoms in total. The molecule has 0 radical (unpaired) electrons. The van der Waals surface area contributed by atoms with E-state index in [9.17, 15) is 8.42 Å². The van der Waals surface area contributed by atoms with Crippen LogP contribution in [0.2, 0.25) is 18.1 Å². The summed E-state index contributed by atoms with van der Waals surface area (Å²) in [6.07, 6.45) is 2.31. The molecule has 1 heterocycles. The third-order valence-corrected chi connectivity index (χ3v) is 11.9. The van der Waals surface area contributed by atoms with E-state index in [2.05, 4.69) is 40.4 Å². The lowest BCUT2D eigenvalue weighted by Crippen LogP contribution is -2.44. The summed E-state index contributed by atoms with van der Waals surface area (Å²) in [4.78, 5) is 0.331. The fraction of sp³-hybridized carbons (Fsp3) is 0.579. The van der Waals surface area contributed by atoms with Gasteiger partial charge in [0.05, 0.1) is 11.0 Å². The van der Waals surface area contributed by atoms with Crippen molar-refractivity contribution in [2.75, 3.05) is 6.54 Å². The van der Waals surface area contributed by atoms with Gasteiger partial charge in [-0.25, -0.2) is 8.42 Å². The van der Waals surface area contributed by atoms with Gasteiger partial charge in [-0.1, -0.05) is 44.5 Å². The Morgan fingerprint density at radius 1 is 1.24 bits per heavy atom. The SMILES string of the molecule is C=CC1C[C@@H](O[Si](C)(C)C(C)(C)C)CN1S(=O)(=O)c1ccc(C)cc1. The van der Waals surface area contributed by atoms with E-state index in [1.54, 1.807) is 22.5 Å². The topological polar surface area (TPSA) is 46.6 Å². The smallest absolute Gasteiger partial charge is 0.243 e. The zero-order valence-electron chi connectivity index (χ0n) is 16.2. The largest absolute Gasteiger partial charge is 0.413 e. The molecule has 0 aliphatic carbocycles. The Balaban J connectivity index is 2.24. The van der Waals surface area contributed by atoms with Crippen molar-refractivity contribution < 1.29 is 12.8 Å². The van der Waals surface area contributed by atoms with E-state index in [4.69, 9.17) is 4.43 Å². The summed E-state index contributed by atoms with van der Waals surface area (Å²) in [6.45, 7) is 17.2. The summed E-state index contributed by atoms with van der Waals surface area (Å²) in [6, 6.07) is 6.78. The Morgan fingerprint density at radius 2 is 1.80 bits per heavy atom. The number of nitrogens with zero attached hydrogens (tertiary/aromatic N) is 1. The van der Waals surface area contributed by atoms with Crippen LogP contribution in [0.5, 0.6) is 0 Å². The van der Waals surface area contributed by atoms with Gasteiger partial charge >= 0.3 is 0 Å². The average molecular weight is 382 g/mol. The molecule has 1 saturated heterocycles. The molecule has 2 rings (SSSR count). The van der Waals surface area contributed by atoms with Crippen LogP contribution in [0, 0.1) is 6.92 Å². The molecule has 1 aliphatic rings. The highest BCUT2D eigenvalue weighted by Crippen LogP contribution is 2.39. The van der Waals surface area contributed by atoms with Gasteiger partial charge < -0.3 is 4.43 Å². The molecule has 140 valence electrons. The Kier molecular flexibility index (Phi) is 5.69. The van der Waals surface area contributed by atoms with Crippen molar-refractivity contribution in [3.05, 3.63) is 42.5 Å². The van der Waals surface area contributed by atoms with Crippen LogP contribution in [0.4, 0.5) is 0 Å². The summed E-state index contributed by atoms with van der Waals surface area (Å²) >= 11 is 0. The molecule has 6 heteroatoms. The van der Waals surface area contributed by atoms with Gasteiger partial charge in [-0.2, -0.15) is 4.31 Å². The maximum absolute atomic E-state index is 13.1. The number of hydrogen-bond acceptors (Lipinski definition) is 3. The predicted octanol–water partition coefficient (Wildman–Crippen LogP) is 4.33. The molecule has 25 heavy (non-hydrogen) atoms. The van der Waals surface area contributed by atoms with Crippen LogP contribution < -0.4 is 0 Å². The molecule has 1 unspecified atom stereocenters. The van der Waals surface area contributed by atoms with Gasteiger partial charge in [-0.15, -0.1) is 6.58 Å². The Morgan fingerprint density at radius 3 is 2.28 bits per heavy atom. The third-order valence-electron chi connectivity index (χ3n) is 5.42. The maximum Gasteiger partial charge on any atom is 0.243 e. The number of aryl methyl sites for hydroxylation is 1. The monoisotopic (exact) mass is 381 g/mol. The second kappa shape index (κ2) is 6.99. The molecule has 1 fully saturated rings. The van der Waals surface area contributed by atoms with E-state index in [1.807, 2.05) is 19.1 Å². The zero-order valence-corrected chi connectivity index (χ0v) is 18.1. The molecule has 0 aromatic heterocycles. The summed E-state index contributed by atoms with van der Waals surface area (Å²) in [7, 11) is -5.49. The molecular formula is C19H31NO3SSi. The van der Waals surface area contributed by atoms with Crippen LogP contribution in [-0.4, -0.2) is 39.7 Å². The maximum atomic E-state index is 13.1. The normalized spacial score (nSPS) is 23.0. The second-order valence-electron chi connectivity index (χ2n) is 8.43. The van der Waals surface area contributed by atoms with Crippen molar-refractivity contribution in [1.29, 1.82) is 0 Å². The lowest BCUT2D eigenvalue weighted by atomic mass is 10.2. The number of sulfonamides is 1. The van der Waals surface area contributed by atoms with Crippen LogP contribution in [0.15, 0.2) is 41.8 Å². The van der Waals surface area contributed by atoms with Crippen LogP contribution in [0.1, 0.15) is 32.8 Å². The minimum Gasteiger partial charge on any atom is -0.413 e. The van der Waals surface area contributed by atoms with E-state index in [0.717, 1.165) is 5.56 Å². The van der Waals surface area contributed by atoms with E-state index in [-0.39, 0.29) is 17.2 Å². The van der Waals surface area contributed by atoms with Crippen LogP contribution in [0.25, 0.3) is 0 Å². The van der Waals surface area contributed by atoms with Gasteiger partial charge in [0.1, 0.15) is 0 Å². The molecule has 2 atom stereocenters. The minimum absolute atomic E-state index is 0.0795. The highest BCUT2D eigenvalue weighted by atomic mass is 32.2. The lowest BCUT2D eigenvalue weighted by Gasteiger charge is -2.38. The quantitative estimate of drug-likeness (QED) is 0.563. The molecule has 0 spiro atoms. The molecule has 0 saturated carbocycles. The minimum atomic E-state index is -3.54. The number of hydrogen-bond donors (Lipinski definition) is 0. The molecular weight excluding hydrogens is 350 g/mol. The first-order valence-electron chi connectivity index (χ1n) is 8.77. The van der Waals surface area contributed by atoms with Gasteiger partial charge in [0.25, 0.3) is 0 Å². The molecule has 1 aliphatic heterocycles. The number of benzene rings is 1. The van der Waals surface area contributed by atoms with Gasteiger partial charge in [0.15, 0.2) is 8.32 Å². The zero-order chi connectivity index (χ0) is 19.0. The standard InChI is InChI=1S/C19H31NO3SSi/c1-8-16-13-17(23-25(6,7)19(3,4)5)14-20(16)24(21,22)18-11-9-15(2)10-12-18/h8-12,16-17H,1,13-14H2,2-7H3/t16?,17-/m1/s1. The van der Waals surface area contributed by atoms with Gasteiger partial charge in [0.2, 0.25) is 10.0 Å². The molecule has 0 bridgehead atoms. The Hall–Kier alpha value is -0.953. The van der Waals surface area contributed by atoms with E-state index in [1.165, 1.54) is 0 Å². The van der Waals surface area contributed by atoms with Crippen LogP contribution in [0.3, 0.4) is 0 Å². The van der Waals surface area contributed by atoms with E-state index < -0.39 is 18.3 Å². The summed E-state index contributed by atoms with van der Waals surface area (Å²) in [5, 5.41) is 0.0972. The first-order valence-corrected chi connectivity index (χ1v) is 13.1. The van der Waals surface area contributed by atoms with Crippen molar-refractivity contribution in [3.8, 4) is 0 Å². The van der Waals surface area contributed by atoms with Gasteiger partial charge in [0, 0.05) is 12.6 Å². The fourth-order valence-electron chi connectivity index (χ4n) is 2.81. The molecule has 0 amide bonds. The van der Waals surface area contributed by atoms with Crippen molar-refractivity contribution >= 4 is 18.3 Å². The highest BCUT2D eigenvalue weighted by molar-refractivity contribution is 7.89. The molecule has 1 aromatic carbocycles. The highest BCUT2D eigenvalue weighted by Gasteiger charge is 2.44. The first kappa shape index (κ1) is 20.4. The number of rotatable bonds is 5. The third kappa shape index (κ3) is 4.24. The van der Waals surface area contributed by atoms with Crippen LogP contribution >= 0.6 is 0 Å². The van der Waals surface area contributed by atoms with E-state index >= 15 is 0 Å². The lowest BCUT2D eigenvalue weighted by molar-refractivity contribution is 0.193. The predicted molar refractivity (Wildman–Crippen MR) is 106 cm³/mol. The second-order valence-corrected chi connectivity index (χ2v) is 15.1. The first-order chi connectivity index (χ1) is 11.4. The van der Waals surface area contributed by atoms with Gasteiger partial charge in [-0.05, 0) is 43.6 Å². The van der Waals surface area contributed by atoms with Crippen molar-refractivity contribution in [1.82, 2.24) is 4.31 Å². The van der Waals surface area contributed by atoms with Crippen LogP contribution in [-0.2, 0) is 14.4 Å². The summed E-state index contributed by atoms with van der Waals surface area (Å²) < 4.78 is 34.1. The Labute approximate surface area is 154 Å².